The van der Waals surface area contributed by atoms with Gasteiger partial charge in [-0.25, -0.2) is 4.98 Å². The molecule has 1 heterocycles. The van der Waals surface area contributed by atoms with Gasteiger partial charge in [-0.1, -0.05) is 44.7 Å². The van der Waals surface area contributed by atoms with E-state index in [0.29, 0.717) is 0 Å². The Labute approximate surface area is 128 Å². The molecule has 1 aromatic carbocycles. The minimum absolute atomic E-state index is 0.203. The molecule has 0 unspecified atom stereocenters. The van der Waals surface area contributed by atoms with Crippen molar-refractivity contribution in [3.8, 4) is 0 Å². The second-order valence-electron chi connectivity index (χ2n) is 5.65. The van der Waals surface area contributed by atoms with E-state index in [0.717, 1.165) is 9.50 Å². The molecular formula is C16H18BrNS. The number of halogens is 1. The van der Waals surface area contributed by atoms with E-state index in [1.165, 1.54) is 16.0 Å². The van der Waals surface area contributed by atoms with E-state index in [2.05, 4.69) is 78.9 Å². The number of aromatic nitrogens is 1. The van der Waals surface area contributed by atoms with Crippen LogP contribution in [-0.4, -0.2) is 4.98 Å². The molecule has 0 aliphatic carbocycles. The number of rotatable bonds is 2. The first-order chi connectivity index (χ1) is 8.86. The maximum absolute atomic E-state index is 4.46. The van der Waals surface area contributed by atoms with E-state index in [4.69, 9.17) is 0 Å². The lowest BCUT2D eigenvalue weighted by Gasteiger charge is -2.19. The van der Waals surface area contributed by atoms with E-state index in [-0.39, 0.29) is 5.41 Å². The zero-order valence-corrected chi connectivity index (χ0v) is 14.1. The molecule has 100 valence electrons. The maximum Gasteiger partial charge on any atom is 0.104 e. The van der Waals surface area contributed by atoms with Gasteiger partial charge in [0.25, 0.3) is 0 Å². The van der Waals surface area contributed by atoms with Gasteiger partial charge in [-0.05, 0) is 57.6 Å². The number of pyridine rings is 1. The predicted octanol–water partition coefficient (Wildman–Crippen LogP) is 5.60. The summed E-state index contributed by atoms with van der Waals surface area (Å²) in [6, 6.07) is 10.9. The van der Waals surface area contributed by atoms with Gasteiger partial charge in [-0.3, -0.25) is 0 Å². The molecule has 2 aromatic rings. The van der Waals surface area contributed by atoms with Gasteiger partial charge in [0.2, 0.25) is 0 Å². The summed E-state index contributed by atoms with van der Waals surface area (Å²) < 4.78 is 1.03. The van der Waals surface area contributed by atoms with E-state index in [1.807, 2.05) is 6.20 Å². The molecule has 1 nitrogen and oxygen atoms in total. The van der Waals surface area contributed by atoms with Gasteiger partial charge in [0.05, 0.1) is 0 Å². The standard InChI is InChI=1S/C16H18BrNS/c1-11-9-13(17)10-18-15(11)19-14-7-5-12(6-8-14)16(2,3)4/h5-10H,1-4H3. The molecule has 0 saturated heterocycles. The summed E-state index contributed by atoms with van der Waals surface area (Å²) in [6.07, 6.45) is 1.85. The summed E-state index contributed by atoms with van der Waals surface area (Å²) in [6.45, 7) is 8.78. The van der Waals surface area contributed by atoms with Gasteiger partial charge in [0, 0.05) is 15.6 Å². The van der Waals surface area contributed by atoms with Gasteiger partial charge >= 0.3 is 0 Å². The van der Waals surface area contributed by atoms with Crippen LogP contribution in [0.4, 0.5) is 0 Å². The molecule has 0 spiro atoms. The van der Waals surface area contributed by atoms with Crippen LogP contribution in [0.15, 0.2) is 50.9 Å². The first-order valence-corrected chi connectivity index (χ1v) is 7.88. The summed E-state index contributed by atoms with van der Waals surface area (Å²) in [5, 5.41) is 1.06. The van der Waals surface area contributed by atoms with Crippen molar-refractivity contribution in [2.24, 2.45) is 0 Å². The van der Waals surface area contributed by atoms with Crippen LogP contribution in [0.1, 0.15) is 31.9 Å². The van der Waals surface area contributed by atoms with E-state index in [9.17, 15) is 0 Å². The SMILES string of the molecule is Cc1cc(Br)cnc1Sc1ccc(C(C)(C)C)cc1. The first-order valence-electron chi connectivity index (χ1n) is 6.27. The number of nitrogens with zero attached hydrogens (tertiary/aromatic N) is 1. The number of benzene rings is 1. The van der Waals surface area contributed by atoms with E-state index < -0.39 is 0 Å². The summed E-state index contributed by atoms with van der Waals surface area (Å²) in [5.74, 6) is 0. The third-order valence-corrected chi connectivity index (χ3v) is 4.49. The Balaban J connectivity index is 2.20. The fraction of sp³-hybridized carbons (Fsp3) is 0.312. The molecule has 0 aliphatic heterocycles. The minimum atomic E-state index is 0.203. The highest BCUT2D eigenvalue weighted by atomic mass is 79.9. The van der Waals surface area contributed by atoms with Crippen LogP contribution < -0.4 is 0 Å². The molecule has 0 radical (unpaired) electrons. The Hall–Kier alpha value is -0.800. The second kappa shape index (κ2) is 5.68. The molecule has 2 rings (SSSR count). The van der Waals surface area contributed by atoms with Crippen LogP contribution in [0.2, 0.25) is 0 Å². The van der Waals surface area contributed by atoms with Gasteiger partial charge in [0.1, 0.15) is 5.03 Å². The van der Waals surface area contributed by atoms with Crippen molar-refractivity contribution in [2.45, 2.75) is 43.0 Å². The maximum atomic E-state index is 4.46. The van der Waals surface area contributed by atoms with Crippen molar-refractivity contribution in [1.82, 2.24) is 4.98 Å². The molecule has 0 atom stereocenters. The molecule has 3 heteroatoms. The molecule has 0 amide bonds. The van der Waals surface area contributed by atoms with Gasteiger partial charge in [-0.2, -0.15) is 0 Å². The summed E-state index contributed by atoms with van der Waals surface area (Å²) >= 11 is 5.15. The van der Waals surface area contributed by atoms with Crippen LogP contribution >= 0.6 is 27.7 Å². The van der Waals surface area contributed by atoms with Crippen LogP contribution in [0, 0.1) is 6.92 Å². The second-order valence-corrected chi connectivity index (χ2v) is 7.63. The summed E-state index contributed by atoms with van der Waals surface area (Å²) in [7, 11) is 0. The molecular weight excluding hydrogens is 318 g/mol. The largest absolute Gasteiger partial charge is 0.248 e. The van der Waals surface area contributed by atoms with Crippen molar-refractivity contribution < 1.29 is 0 Å². The lowest BCUT2D eigenvalue weighted by atomic mass is 9.87. The minimum Gasteiger partial charge on any atom is -0.248 e. The molecule has 0 bridgehead atoms. The van der Waals surface area contributed by atoms with Crippen molar-refractivity contribution in [3.63, 3.8) is 0 Å². The van der Waals surface area contributed by atoms with Crippen LogP contribution in [-0.2, 0) is 5.41 Å². The topological polar surface area (TPSA) is 12.9 Å². The Morgan fingerprint density at radius 3 is 2.26 bits per heavy atom. The highest BCUT2D eigenvalue weighted by Crippen LogP contribution is 2.31. The Kier molecular flexibility index (Phi) is 4.36. The quantitative estimate of drug-likeness (QED) is 0.708. The molecule has 0 saturated carbocycles. The normalized spacial score (nSPS) is 11.6. The Morgan fingerprint density at radius 1 is 1.11 bits per heavy atom. The highest BCUT2D eigenvalue weighted by Gasteiger charge is 2.13. The summed E-state index contributed by atoms with van der Waals surface area (Å²) in [5.41, 5.74) is 2.76. The fourth-order valence-electron chi connectivity index (χ4n) is 1.77. The first kappa shape index (κ1) is 14.6. The zero-order chi connectivity index (χ0) is 14.0. The van der Waals surface area contributed by atoms with Crippen molar-refractivity contribution in [1.29, 1.82) is 0 Å². The third-order valence-electron chi connectivity index (χ3n) is 2.93. The highest BCUT2D eigenvalue weighted by molar-refractivity contribution is 9.10. The monoisotopic (exact) mass is 335 g/mol. The number of hydrogen-bond donors (Lipinski definition) is 0. The average Bonchev–Trinajstić information content (AvgIpc) is 2.32. The number of hydrogen-bond acceptors (Lipinski definition) is 2. The van der Waals surface area contributed by atoms with Crippen molar-refractivity contribution in [3.05, 3.63) is 52.1 Å². The third kappa shape index (κ3) is 3.83. The van der Waals surface area contributed by atoms with Gasteiger partial charge in [0.15, 0.2) is 0 Å². The Bertz CT molecular complexity index is 570. The smallest absolute Gasteiger partial charge is 0.104 e. The summed E-state index contributed by atoms with van der Waals surface area (Å²) in [4.78, 5) is 5.69. The molecule has 0 N–H and O–H groups in total. The molecule has 1 aromatic heterocycles. The van der Waals surface area contributed by atoms with E-state index in [1.54, 1.807) is 11.8 Å². The van der Waals surface area contributed by atoms with Crippen LogP contribution in [0.3, 0.4) is 0 Å². The predicted molar refractivity (Wildman–Crippen MR) is 85.9 cm³/mol. The van der Waals surface area contributed by atoms with Gasteiger partial charge < -0.3 is 0 Å². The van der Waals surface area contributed by atoms with Gasteiger partial charge in [-0.15, -0.1) is 0 Å². The van der Waals surface area contributed by atoms with E-state index >= 15 is 0 Å². The molecule has 0 aliphatic rings. The lowest BCUT2D eigenvalue weighted by molar-refractivity contribution is 0.590. The fourth-order valence-corrected chi connectivity index (χ4v) is 3.04. The Morgan fingerprint density at radius 2 is 1.74 bits per heavy atom. The molecule has 0 fully saturated rings. The van der Waals surface area contributed by atoms with Crippen molar-refractivity contribution in [2.75, 3.05) is 0 Å². The average molecular weight is 336 g/mol. The zero-order valence-electron chi connectivity index (χ0n) is 11.7. The number of aryl methyl sites for hydroxylation is 1. The van der Waals surface area contributed by atoms with Crippen LogP contribution in [0.25, 0.3) is 0 Å². The van der Waals surface area contributed by atoms with Crippen molar-refractivity contribution >= 4 is 27.7 Å². The molecule has 19 heavy (non-hydrogen) atoms. The van der Waals surface area contributed by atoms with Crippen LogP contribution in [0.5, 0.6) is 0 Å². The lowest BCUT2D eigenvalue weighted by Crippen LogP contribution is -2.10.